The number of nitriles is 1. The molecule has 2 aromatic rings. The number of benzene rings is 1. The van der Waals surface area contributed by atoms with Crippen LogP contribution in [0.3, 0.4) is 0 Å². The summed E-state index contributed by atoms with van der Waals surface area (Å²) in [7, 11) is -3.74. The minimum absolute atomic E-state index is 0.129. The smallest absolute Gasteiger partial charge is 0.263 e. The van der Waals surface area contributed by atoms with Crippen LogP contribution >= 0.6 is 15.9 Å². The summed E-state index contributed by atoms with van der Waals surface area (Å²) in [4.78, 5) is 4.15. The molecule has 0 bridgehead atoms. The van der Waals surface area contributed by atoms with Crippen molar-refractivity contribution < 1.29 is 8.42 Å². The lowest BCUT2D eigenvalue weighted by atomic mass is 10.2. The maximum absolute atomic E-state index is 12.4. The molecule has 1 N–H and O–H groups in total. The lowest BCUT2D eigenvalue weighted by Gasteiger charge is -2.10. The third-order valence-corrected chi connectivity index (χ3v) is 5.22. The highest BCUT2D eigenvalue weighted by Gasteiger charge is 2.18. The fourth-order valence-electron chi connectivity index (χ4n) is 1.81. The van der Waals surface area contributed by atoms with E-state index in [9.17, 15) is 8.42 Å². The summed E-state index contributed by atoms with van der Waals surface area (Å²) in [6, 6.07) is 8.05. The van der Waals surface area contributed by atoms with Crippen LogP contribution in [-0.2, 0) is 10.0 Å². The predicted octanol–water partition coefficient (Wildman–Crippen LogP) is 3.13. The number of aryl methyl sites for hydroxylation is 2. The van der Waals surface area contributed by atoms with Crippen molar-refractivity contribution in [2.75, 3.05) is 4.72 Å². The van der Waals surface area contributed by atoms with E-state index in [1.54, 1.807) is 19.2 Å². The molecule has 0 aliphatic heterocycles. The highest BCUT2D eigenvalue weighted by Crippen LogP contribution is 2.22. The average Bonchev–Trinajstić information content (AvgIpc) is 2.42. The van der Waals surface area contributed by atoms with Crippen LogP contribution in [0.5, 0.6) is 0 Å². The van der Waals surface area contributed by atoms with Gasteiger partial charge in [-0.1, -0.05) is 0 Å². The second kappa shape index (κ2) is 5.84. The van der Waals surface area contributed by atoms with Gasteiger partial charge >= 0.3 is 0 Å². The fraction of sp³-hybridized carbons (Fsp3) is 0.143. The Kier molecular flexibility index (Phi) is 4.30. The molecule has 1 aromatic heterocycles. The molecule has 0 amide bonds. The molecule has 2 rings (SSSR count). The maximum atomic E-state index is 12.4. The van der Waals surface area contributed by atoms with Crippen LogP contribution in [0.4, 0.5) is 5.82 Å². The molecule has 0 saturated carbocycles. The molecule has 0 saturated heterocycles. The molecule has 0 fully saturated rings. The first-order valence-electron chi connectivity index (χ1n) is 5.99. The molecule has 0 radical (unpaired) electrons. The summed E-state index contributed by atoms with van der Waals surface area (Å²) in [6.07, 6.45) is 1.54. The Morgan fingerprint density at radius 1 is 1.24 bits per heavy atom. The van der Waals surface area contributed by atoms with Gasteiger partial charge in [0.25, 0.3) is 10.0 Å². The van der Waals surface area contributed by atoms with E-state index in [1.165, 1.54) is 18.2 Å². The van der Waals surface area contributed by atoms with E-state index in [-0.39, 0.29) is 10.7 Å². The first-order valence-corrected chi connectivity index (χ1v) is 8.27. The number of halogens is 1. The van der Waals surface area contributed by atoms with E-state index in [1.807, 2.05) is 13.0 Å². The molecule has 5 nitrogen and oxygen atoms in total. The third kappa shape index (κ3) is 3.40. The maximum Gasteiger partial charge on any atom is 0.263 e. The zero-order valence-electron chi connectivity index (χ0n) is 11.4. The summed E-state index contributed by atoms with van der Waals surface area (Å²) >= 11 is 3.31. The van der Waals surface area contributed by atoms with Gasteiger partial charge in [-0.05, 0) is 65.2 Å². The second-order valence-electron chi connectivity index (χ2n) is 4.52. The number of rotatable bonds is 3. The second-order valence-corrected chi connectivity index (χ2v) is 7.02. The molecular formula is C14H12BrN3O2S. The normalized spacial score (nSPS) is 11.0. The van der Waals surface area contributed by atoms with Crippen molar-refractivity contribution in [2.45, 2.75) is 18.7 Å². The summed E-state index contributed by atoms with van der Waals surface area (Å²) in [5, 5.41) is 8.82. The van der Waals surface area contributed by atoms with Gasteiger partial charge < -0.3 is 0 Å². The van der Waals surface area contributed by atoms with E-state index < -0.39 is 10.0 Å². The van der Waals surface area contributed by atoms with Crippen molar-refractivity contribution in [3.05, 3.63) is 51.6 Å². The zero-order chi connectivity index (χ0) is 15.6. The molecule has 0 spiro atoms. The van der Waals surface area contributed by atoms with Gasteiger partial charge in [0.15, 0.2) is 0 Å². The summed E-state index contributed by atoms with van der Waals surface area (Å²) in [5.74, 6) is 0.249. The molecule has 0 atom stereocenters. The zero-order valence-corrected chi connectivity index (χ0v) is 13.8. The molecular weight excluding hydrogens is 354 g/mol. The van der Waals surface area contributed by atoms with Crippen molar-refractivity contribution in [2.24, 2.45) is 0 Å². The number of hydrogen-bond acceptors (Lipinski definition) is 4. The monoisotopic (exact) mass is 365 g/mol. The lowest BCUT2D eigenvalue weighted by Crippen LogP contribution is -2.15. The SMILES string of the molecule is Cc1cc(NS(=O)(=O)c2ccc(C#N)cc2C)ncc1Br. The van der Waals surface area contributed by atoms with Crippen LogP contribution < -0.4 is 4.72 Å². The fourth-order valence-corrected chi connectivity index (χ4v) is 3.25. The van der Waals surface area contributed by atoms with E-state index in [0.29, 0.717) is 11.1 Å². The van der Waals surface area contributed by atoms with Gasteiger partial charge in [0.2, 0.25) is 0 Å². The molecule has 1 aromatic carbocycles. The molecule has 7 heteroatoms. The van der Waals surface area contributed by atoms with Crippen molar-refractivity contribution in [1.82, 2.24) is 4.98 Å². The van der Waals surface area contributed by atoms with Gasteiger partial charge in [-0.2, -0.15) is 5.26 Å². The van der Waals surface area contributed by atoms with Crippen LogP contribution in [0.2, 0.25) is 0 Å². The number of hydrogen-bond donors (Lipinski definition) is 1. The van der Waals surface area contributed by atoms with Gasteiger partial charge in [-0.3, -0.25) is 4.72 Å². The highest BCUT2D eigenvalue weighted by atomic mass is 79.9. The van der Waals surface area contributed by atoms with Crippen LogP contribution in [0.25, 0.3) is 0 Å². The van der Waals surface area contributed by atoms with E-state index in [0.717, 1.165) is 10.0 Å². The molecule has 0 aliphatic carbocycles. The van der Waals surface area contributed by atoms with Crippen LogP contribution in [0.1, 0.15) is 16.7 Å². The van der Waals surface area contributed by atoms with Gasteiger partial charge in [-0.15, -0.1) is 0 Å². The lowest BCUT2D eigenvalue weighted by molar-refractivity contribution is 0.600. The number of anilines is 1. The Bertz CT molecular complexity index is 842. The standard InChI is InChI=1S/C14H12BrN3O2S/c1-9-6-14(17-8-12(9)15)18-21(19,20)13-4-3-11(7-16)5-10(13)2/h3-6,8H,1-2H3,(H,17,18). The van der Waals surface area contributed by atoms with Crippen LogP contribution in [0.15, 0.2) is 39.8 Å². The van der Waals surface area contributed by atoms with E-state index in [2.05, 4.69) is 25.6 Å². The van der Waals surface area contributed by atoms with Gasteiger partial charge in [-0.25, -0.2) is 13.4 Å². The Hall–Kier alpha value is -1.91. The van der Waals surface area contributed by atoms with Gasteiger partial charge in [0, 0.05) is 10.7 Å². The molecule has 108 valence electrons. The van der Waals surface area contributed by atoms with Crippen molar-refractivity contribution in [3.8, 4) is 6.07 Å². The summed E-state index contributed by atoms with van der Waals surface area (Å²) < 4.78 is 28.0. The summed E-state index contributed by atoms with van der Waals surface area (Å²) in [5.41, 5.74) is 1.80. The molecule has 0 aliphatic rings. The highest BCUT2D eigenvalue weighted by molar-refractivity contribution is 9.10. The van der Waals surface area contributed by atoms with Crippen molar-refractivity contribution in [3.63, 3.8) is 0 Å². The predicted molar refractivity (Wildman–Crippen MR) is 83.4 cm³/mol. The molecule has 1 heterocycles. The minimum atomic E-state index is -3.74. The molecule has 0 unspecified atom stereocenters. The average molecular weight is 366 g/mol. The van der Waals surface area contributed by atoms with Gasteiger partial charge in [0.05, 0.1) is 16.5 Å². The first kappa shape index (κ1) is 15.5. The number of pyridine rings is 1. The summed E-state index contributed by atoms with van der Waals surface area (Å²) in [6.45, 7) is 3.49. The quantitative estimate of drug-likeness (QED) is 0.905. The number of nitrogens with one attached hydrogen (secondary N) is 1. The van der Waals surface area contributed by atoms with Gasteiger partial charge in [0.1, 0.15) is 5.82 Å². The van der Waals surface area contributed by atoms with Crippen LogP contribution in [-0.4, -0.2) is 13.4 Å². The van der Waals surface area contributed by atoms with E-state index >= 15 is 0 Å². The Morgan fingerprint density at radius 3 is 2.52 bits per heavy atom. The minimum Gasteiger partial charge on any atom is -0.263 e. The van der Waals surface area contributed by atoms with Crippen molar-refractivity contribution >= 4 is 31.8 Å². The Labute approximate surface area is 131 Å². The van der Waals surface area contributed by atoms with Crippen molar-refractivity contribution in [1.29, 1.82) is 5.26 Å². The van der Waals surface area contributed by atoms with Crippen LogP contribution in [0, 0.1) is 25.2 Å². The van der Waals surface area contributed by atoms with E-state index in [4.69, 9.17) is 5.26 Å². The topological polar surface area (TPSA) is 82.9 Å². The Morgan fingerprint density at radius 2 is 1.95 bits per heavy atom. The number of aromatic nitrogens is 1. The largest absolute Gasteiger partial charge is 0.263 e. The third-order valence-electron chi connectivity index (χ3n) is 2.88. The Balaban J connectivity index is 2.38. The number of sulfonamides is 1. The number of nitrogens with zero attached hydrogens (tertiary/aromatic N) is 2. The first-order chi connectivity index (χ1) is 9.83. The molecule has 21 heavy (non-hydrogen) atoms.